The molecule has 0 aliphatic carbocycles. The van der Waals surface area contributed by atoms with E-state index in [1.807, 2.05) is 27.2 Å². The number of nitrogens with zero attached hydrogens (tertiary/aromatic N) is 1. The van der Waals surface area contributed by atoms with Crippen molar-refractivity contribution in [1.82, 2.24) is 5.32 Å². The molecule has 0 fully saturated rings. The number of carbonyl (C=O) groups is 1. The zero-order chi connectivity index (χ0) is 51.3. The molecule has 1 amide bonds. The first-order valence-corrected chi connectivity index (χ1v) is 31.8. The molecule has 8 nitrogen and oxygen atoms in total. The van der Waals surface area contributed by atoms with E-state index in [0.717, 1.165) is 38.5 Å². The first-order valence-electron chi connectivity index (χ1n) is 30.4. The van der Waals surface area contributed by atoms with Crippen molar-refractivity contribution in [2.45, 2.75) is 309 Å². The molecule has 3 unspecified atom stereocenters. The summed E-state index contributed by atoms with van der Waals surface area (Å²) in [5.74, 6) is -0.206. The van der Waals surface area contributed by atoms with Crippen molar-refractivity contribution in [2.75, 3.05) is 40.9 Å². The number of hydrogen-bond acceptors (Lipinski definition) is 6. The molecule has 0 aromatic rings. The summed E-state index contributed by atoms with van der Waals surface area (Å²) in [6.45, 7) is 4.66. The van der Waals surface area contributed by atoms with Gasteiger partial charge in [0.15, 0.2) is 0 Å². The van der Waals surface area contributed by atoms with Crippen molar-refractivity contribution in [3.63, 3.8) is 0 Å². The molecule has 0 aromatic heterocycles. The molecule has 0 radical (unpaired) electrons. The Morgan fingerprint density at radius 1 is 0.486 bits per heavy atom. The van der Waals surface area contributed by atoms with Crippen LogP contribution in [0.3, 0.4) is 0 Å². The van der Waals surface area contributed by atoms with Crippen LogP contribution in [0.2, 0.25) is 0 Å². The average Bonchev–Trinajstić information content (AvgIpc) is 3.32. The molecule has 0 aromatic carbocycles. The highest BCUT2D eigenvalue weighted by Gasteiger charge is 2.23. The van der Waals surface area contributed by atoms with Crippen molar-refractivity contribution in [1.29, 1.82) is 0 Å². The van der Waals surface area contributed by atoms with E-state index in [-0.39, 0.29) is 12.5 Å². The fourth-order valence-corrected chi connectivity index (χ4v) is 9.77. The van der Waals surface area contributed by atoms with Gasteiger partial charge in [-0.2, -0.15) is 0 Å². The largest absolute Gasteiger partial charge is 0.756 e. The van der Waals surface area contributed by atoms with E-state index < -0.39 is 26.6 Å². The minimum Gasteiger partial charge on any atom is -0.756 e. The minimum absolute atomic E-state index is 0.00603. The van der Waals surface area contributed by atoms with Gasteiger partial charge in [-0.3, -0.25) is 9.36 Å². The third kappa shape index (κ3) is 54.5. The number of likely N-dealkylation sites (N-methyl/N-ethyl adjacent to an activating group) is 1. The molecule has 70 heavy (non-hydrogen) atoms. The smallest absolute Gasteiger partial charge is 0.268 e. The summed E-state index contributed by atoms with van der Waals surface area (Å²) in [4.78, 5) is 25.5. The van der Waals surface area contributed by atoms with Gasteiger partial charge >= 0.3 is 0 Å². The van der Waals surface area contributed by atoms with Crippen LogP contribution < -0.4 is 10.2 Å². The Morgan fingerprint density at radius 2 is 0.800 bits per heavy atom. The quantitative estimate of drug-likeness (QED) is 0.0272. The lowest BCUT2D eigenvalue weighted by Crippen LogP contribution is -2.45. The van der Waals surface area contributed by atoms with Crippen LogP contribution in [0.5, 0.6) is 0 Å². The first kappa shape index (κ1) is 68.7. The number of allylic oxidation sites excluding steroid dienone is 5. The Labute approximate surface area is 436 Å². The monoisotopic (exact) mass is 1010 g/mol. The summed E-state index contributed by atoms with van der Waals surface area (Å²) in [6.07, 6.45) is 68.1. The number of nitrogens with one attached hydrogen (secondary N) is 1. The lowest BCUT2D eigenvalue weighted by Gasteiger charge is -2.29. The van der Waals surface area contributed by atoms with Crippen LogP contribution in [0.4, 0.5) is 0 Å². The molecule has 0 saturated carbocycles. The molecule has 0 rings (SSSR count). The number of amides is 1. The Hall–Kier alpha value is -1.28. The predicted octanol–water partition coefficient (Wildman–Crippen LogP) is 17.9. The summed E-state index contributed by atoms with van der Waals surface area (Å²) in [5.41, 5.74) is 0. The molecule has 0 spiro atoms. The van der Waals surface area contributed by atoms with E-state index in [1.165, 1.54) is 238 Å². The van der Waals surface area contributed by atoms with Crippen LogP contribution in [-0.2, 0) is 18.4 Å². The van der Waals surface area contributed by atoms with Gasteiger partial charge in [-0.15, -0.1) is 0 Å². The Kier molecular flexibility index (Phi) is 51.6. The van der Waals surface area contributed by atoms with E-state index in [4.69, 9.17) is 9.05 Å². The minimum atomic E-state index is -4.61. The van der Waals surface area contributed by atoms with Crippen molar-refractivity contribution in [3.05, 3.63) is 36.5 Å². The van der Waals surface area contributed by atoms with Crippen LogP contribution >= 0.6 is 7.82 Å². The SMILES string of the molecule is CCCCCCCC/C=C\CCCCCCCCCCCC(=O)NC(COP(=O)([O-])OCC[N+](C)(C)C)C(O)/C=C/CC/C=C/CCCCCCCCCCCCCCCCCCCCCCCCC. The second-order valence-electron chi connectivity index (χ2n) is 22.0. The molecule has 9 heteroatoms. The normalized spacial score (nSPS) is 14.1. The van der Waals surface area contributed by atoms with Crippen LogP contribution in [0, 0.1) is 0 Å². The molecule has 2 N–H and O–H groups in total. The first-order chi connectivity index (χ1) is 34.0. The summed E-state index contributed by atoms with van der Waals surface area (Å²) in [7, 11) is 1.25. The zero-order valence-corrected chi connectivity index (χ0v) is 48.1. The Balaban J connectivity index is 4.18. The number of unbranched alkanes of at least 4 members (excludes halogenated alkanes) is 39. The van der Waals surface area contributed by atoms with E-state index in [9.17, 15) is 19.4 Å². The molecule has 0 saturated heterocycles. The van der Waals surface area contributed by atoms with E-state index in [2.05, 4.69) is 43.5 Å². The molecule has 0 bridgehead atoms. The van der Waals surface area contributed by atoms with Gasteiger partial charge in [0.25, 0.3) is 7.82 Å². The number of aliphatic hydroxyl groups excluding tert-OH is 1. The molecule has 0 aliphatic heterocycles. The fourth-order valence-electron chi connectivity index (χ4n) is 9.05. The number of carbonyl (C=O) groups excluding carboxylic acids is 1. The maximum atomic E-state index is 13.0. The maximum Gasteiger partial charge on any atom is 0.268 e. The van der Waals surface area contributed by atoms with Crippen LogP contribution in [0.25, 0.3) is 0 Å². The molecular weight excluding hydrogens is 888 g/mol. The van der Waals surface area contributed by atoms with Gasteiger partial charge in [-0.05, 0) is 57.8 Å². The zero-order valence-electron chi connectivity index (χ0n) is 47.2. The molecule has 414 valence electrons. The maximum absolute atomic E-state index is 13.0. The number of quaternary nitrogens is 1. The Bertz CT molecular complexity index is 1230. The van der Waals surface area contributed by atoms with Gasteiger partial charge in [0, 0.05) is 6.42 Å². The van der Waals surface area contributed by atoms with Gasteiger partial charge in [-0.1, -0.05) is 269 Å². The van der Waals surface area contributed by atoms with Crippen molar-refractivity contribution in [2.24, 2.45) is 0 Å². The average molecular weight is 1010 g/mol. The lowest BCUT2D eigenvalue weighted by molar-refractivity contribution is -0.870. The highest BCUT2D eigenvalue weighted by atomic mass is 31.2. The number of hydrogen-bond donors (Lipinski definition) is 2. The van der Waals surface area contributed by atoms with E-state index in [1.54, 1.807) is 6.08 Å². The molecule has 0 aliphatic rings. The second kappa shape index (κ2) is 52.6. The number of phosphoric ester groups is 1. The predicted molar refractivity (Wildman–Crippen MR) is 302 cm³/mol. The number of phosphoric acid groups is 1. The third-order valence-electron chi connectivity index (χ3n) is 13.8. The topological polar surface area (TPSA) is 108 Å². The summed E-state index contributed by atoms with van der Waals surface area (Å²) in [5, 5.41) is 13.9. The standard InChI is InChI=1S/C61H119N2O6P/c1-6-8-10-12-14-16-18-20-22-24-26-27-28-29-30-31-32-33-34-35-37-38-40-42-44-46-48-50-52-54-60(64)59(58-69-70(66,67)68-57-56-63(3,4)5)62-61(65)55-53-51-49-47-45-43-41-39-36-25-23-21-19-17-15-13-11-9-7-2/h21,23,44,46,52,54,59-60,64H,6-20,22,24-43,45,47-51,53,55-58H2,1-5H3,(H-,62,65,66,67)/b23-21-,46-44+,54-52+. The second-order valence-corrected chi connectivity index (χ2v) is 23.5. The van der Waals surface area contributed by atoms with Gasteiger partial charge in [0.1, 0.15) is 13.2 Å². The van der Waals surface area contributed by atoms with E-state index in [0.29, 0.717) is 17.4 Å². The van der Waals surface area contributed by atoms with Crippen molar-refractivity contribution < 1.29 is 32.9 Å². The van der Waals surface area contributed by atoms with Gasteiger partial charge in [0.05, 0.1) is 39.9 Å². The summed E-state index contributed by atoms with van der Waals surface area (Å²) < 4.78 is 23.4. The molecule has 0 heterocycles. The van der Waals surface area contributed by atoms with Gasteiger partial charge < -0.3 is 28.8 Å². The third-order valence-corrected chi connectivity index (χ3v) is 14.8. The fraction of sp³-hybridized carbons (Fsp3) is 0.885. The van der Waals surface area contributed by atoms with Crippen LogP contribution in [0.1, 0.15) is 296 Å². The van der Waals surface area contributed by atoms with Crippen molar-refractivity contribution >= 4 is 13.7 Å². The lowest BCUT2D eigenvalue weighted by atomic mass is 10.0. The van der Waals surface area contributed by atoms with Gasteiger partial charge in [0.2, 0.25) is 5.91 Å². The molecular formula is C61H119N2O6P. The highest BCUT2D eigenvalue weighted by molar-refractivity contribution is 7.45. The molecule has 3 atom stereocenters. The van der Waals surface area contributed by atoms with Gasteiger partial charge in [-0.25, -0.2) is 0 Å². The van der Waals surface area contributed by atoms with Crippen molar-refractivity contribution in [3.8, 4) is 0 Å². The number of aliphatic hydroxyl groups is 1. The summed E-state index contributed by atoms with van der Waals surface area (Å²) in [6, 6.07) is -0.904. The van der Waals surface area contributed by atoms with E-state index >= 15 is 0 Å². The Morgan fingerprint density at radius 3 is 1.16 bits per heavy atom. The number of rotatable bonds is 56. The summed E-state index contributed by atoms with van der Waals surface area (Å²) >= 11 is 0. The van der Waals surface area contributed by atoms with Crippen LogP contribution in [0.15, 0.2) is 36.5 Å². The highest BCUT2D eigenvalue weighted by Crippen LogP contribution is 2.38. The van der Waals surface area contributed by atoms with Crippen LogP contribution in [-0.4, -0.2) is 68.5 Å².